The summed E-state index contributed by atoms with van der Waals surface area (Å²) >= 11 is 0. The zero-order valence-electron chi connectivity index (χ0n) is 14.8. The van der Waals surface area contributed by atoms with E-state index in [1.54, 1.807) is 23.2 Å². The van der Waals surface area contributed by atoms with Gasteiger partial charge in [0, 0.05) is 18.4 Å². The Kier molecular flexibility index (Phi) is 4.88. The minimum Gasteiger partial charge on any atom is -0.508 e. The molecular weight excluding hydrogens is 312 g/mol. The van der Waals surface area contributed by atoms with Gasteiger partial charge in [0.15, 0.2) is 0 Å². The van der Waals surface area contributed by atoms with E-state index in [1.165, 1.54) is 5.56 Å². The van der Waals surface area contributed by atoms with Gasteiger partial charge in [-0.1, -0.05) is 42.5 Å². The lowest BCUT2D eigenvalue weighted by atomic mass is 9.94. The number of nitrogens with zero attached hydrogens (tertiary/aromatic N) is 2. The molecular formula is C21H24N2O2. The third kappa shape index (κ3) is 4.08. The number of hydrogen-bond acceptors (Lipinski definition) is 3. The largest absolute Gasteiger partial charge is 0.508 e. The lowest BCUT2D eigenvalue weighted by molar-refractivity contribution is -0.135. The van der Waals surface area contributed by atoms with Crippen molar-refractivity contribution < 1.29 is 9.90 Å². The van der Waals surface area contributed by atoms with Gasteiger partial charge < -0.3 is 5.11 Å². The maximum absolute atomic E-state index is 12.7. The molecule has 0 saturated carbocycles. The normalized spacial score (nSPS) is 15.9. The van der Waals surface area contributed by atoms with Crippen molar-refractivity contribution in [3.8, 4) is 5.75 Å². The SMILES string of the molecule is CC1(C)CC(c2cccc(O)c2)=NN1C(=O)CCCc1ccccc1. The lowest BCUT2D eigenvalue weighted by Crippen LogP contribution is -2.40. The maximum atomic E-state index is 12.7. The molecule has 1 aliphatic rings. The highest BCUT2D eigenvalue weighted by Crippen LogP contribution is 2.31. The van der Waals surface area contributed by atoms with Gasteiger partial charge >= 0.3 is 0 Å². The maximum Gasteiger partial charge on any atom is 0.243 e. The van der Waals surface area contributed by atoms with Crippen LogP contribution in [0.4, 0.5) is 0 Å². The Bertz CT molecular complexity index is 781. The van der Waals surface area contributed by atoms with Gasteiger partial charge in [-0.2, -0.15) is 5.10 Å². The van der Waals surface area contributed by atoms with Crippen molar-refractivity contribution in [3.63, 3.8) is 0 Å². The summed E-state index contributed by atoms with van der Waals surface area (Å²) in [6.45, 7) is 4.06. The van der Waals surface area contributed by atoms with E-state index in [-0.39, 0.29) is 17.2 Å². The summed E-state index contributed by atoms with van der Waals surface area (Å²) in [6.07, 6.45) is 2.87. The summed E-state index contributed by atoms with van der Waals surface area (Å²) in [7, 11) is 0. The number of phenols is 1. The zero-order valence-corrected chi connectivity index (χ0v) is 14.8. The number of carbonyl (C=O) groups is 1. The molecule has 1 N–H and O–H groups in total. The summed E-state index contributed by atoms with van der Waals surface area (Å²) in [5, 5.41) is 15.9. The second-order valence-corrected chi connectivity index (χ2v) is 7.13. The Morgan fingerprint density at radius 3 is 2.64 bits per heavy atom. The van der Waals surface area contributed by atoms with Crippen LogP contribution in [0.15, 0.2) is 59.7 Å². The molecule has 130 valence electrons. The molecule has 1 heterocycles. The van der Waals surface area contributed by atoms with Crippen LogP contribution in [-0.4, -0.2) is 27.3 Å². The minimum absolute atomic E-state index is 0.0519. The molecule has 2 aromatic rings. The van der Waals surface area contributed by atoms with E-state index in [2.05, 4.69) is 17.2 Å². The first-order valence-corrected chi connectivity index (χ1v) is 8.69. The van der Waals surface area contributed by atoms with Crippen LogP contribution in [-0.2, 0) is 11.2 Å². The quantitative estimate of drug-likeness (QED) is 0.892. The van der Waals surface area contributed by atoms with Crippen LogP contribution in [0, 0.1) is 0 Å². The topological polar surface area (TPSA) is 52.9 Å². The van der Waals surface area contributed by atoms with Crippen molar-refractivity contribution in [2.24, 2.45) is 5.10 Å². The zero-order chi connectivity index (χ0) is 17.9. The van der Waals surface area contributed by atoms with Crippen molar-refractivity contribution in [2.45, 2.75) is 45.1 Å². The van der Waals surface area contributed by atoms with Crippen LogP contribution in [0.5, 0.6) is 5.75 Å². The minimum atomic E-state index is -0.343. The number of hydrogen-bond donors (Lipinski definition) is 1. The summed E-state index contributed by atoms with van der Waals surface area (Å²) in [4.78, 5) is 12.7. The van der Waals surface area contributed by atoms with E-state index in [9.17, 15) is 9.90 Å². The Morgan fingerprint density at radius 1 is 1.16 bits per heavy atom. The second-order valence-electron chi connectivity index (χ2n) is 7.13. The van der Waals surface area contributed by atoms with Gasteiger partial charge in [-0.25, -0.2) is 5.01 Å². The van der Waals surface area contributed by atoms with Crippen LogP contribution in [0.1, 0.15) is 44.2 Å². The summed E-state index contributed by atoms with van der Waals surface area (Å²) < 4.78 is 0. The average Bonchev–Trinajstić information content (AvgIpc) is 2.91. The standard InChI is InChI=1S/C21H24N2O2/c1-21(2)15-19(17-11-7-12-18(24)14-17)22-23(21)20(25)13-6-10-16-8-4-3-5-9-16/h3-5,7-9,11-12,14,24H,6,10,13,15H2,1-2H3. The molecule has 0 fully saturated rings. The fourth-order valence-corrected chi connectivity index (χ4v) is 3.21. The van der Waals surface area contributed by atoms with Crippen molar-refractivity contribution in [1.82, 2.24) is 5.01 Å². The highest BCUT2D eigenvalue weighted by atomic mass is 16.3. The van der Waals surface area contributed by atoms with Gasteiger partial charge in [0.05, 0.1) is 11.3 Å². The molecule has 1 aliphatic heterocycles. The second kappa shape index (κ2) is 7.09. The number of phenolic OH excluding ortho intramolecular Hbond substituents is 1. The number of amides is 1. The monoisotopic (exact) mass is 336 g/mol. The van der Waals surface area contributed by atoms with E-state index in [0.29, 0.717) is 12.8 Å². The summed E-state index contributed by atoms with van der Waals surface area (Å²) in [6, 6.07) is 17.3. The number of rotatable bonds is 5. The Balaban J connectivity index is 1.66. The molecule has 4 nitrogen and oxygen atoms in total. The van der Waals surface area contributed by atoms with Gasteiger partial charge in [0.1, 0.15) is 5.75 Å². The molecule has 0 spiro atoms. The van der Waals surface area contributed by atoms with E-state index in [4.69, 9.17) is 0 Å². The Hall–Kier alpha value is -2.62. The average molecular weight is 336 g/mol. The number of aromatic hydroxyl groups is 1. The van der Waals surface area contributed by atoms with Crippen LogP contribution < -0.4 is 0 Å². The van der Waals surface area contributed by atoms with Crippen LogP contribution in [0.3, 0.4) is 0 Å². The van der Waals surface area contributed by atoms with Gasteiger partial charge in [-0.3, -0.25) is 4.79 Å². The predicted molar refractivity (Wildman–Crippen MR) is 99.6 cm³/mol. The van der Waals surface area contributed by atoms with Crippen molar-refractivity contribution >= 4 is 11.6 Å². The fraction of sp³-hybridized carbons (Fsp3) is 0.333. The van der Waals surface area contributed by atoms with Crippen LogP contribution >= 0.6 is 0 Å². The van der Waals surface area contributed by atoms with Gasteiger partial charge in [-0.15, -0.1) is 0 Å². The van der Waals surface area contributed by atoms with Crippen LogP contribution in [0.2, 0.25) is 0 Å². The van der Waals surface area contributed by atoms with Crippen molar-refractivity contribution in [2.75, 3.05) is 0 Å². The molecule has 3 rings (SSSR count). The van der Waals surface area contributed by atoms with Gasteiger partial charge in [0.25, 0.3) is 0 Å². The molecule has 2 aromatic carbocycles. The number of hydrazone groups is 1. The van der Waals surface area contributed by atoms with Gasteiger partial charge in [0.2, 0.25) is 5.91 Å². The molecule has 0 aromatic heterocycles. The molecule has 4 heteroatoms. The molecule has 0 atom stereocenters. The molecule has 25 heavy (non-hydrogen) atoms. The molecule has 0 radical (unpaired) electrons. The molecule has 0 bridgehead atoms. The molecule has 0 unspecified atom stereocenters. The predicted octanol–water partition coefficient (Wildman–Crippen LogP) is 4.13. The third-order valence-electron chi connectivity index (χ3n) is 4.51. The van der Waals surface area contributed by atoms with Crippen LogP contribution in [0.25, 0.3) is 0 Å². The van der Waals surface area contributed by atoms with E-state index in [0.717, 1.165) is 24.1 Å². The number of aryl methyl sites for hydroxylation is 1. The highest BCUT2D eigenvalue weighted by molar-refractivity contribution is 6.03. The fourth-order valence-electron chi connectivity index (χ4n) is 3.21. The van der Waals surface area contributed by atoms with E-state index < -0.39 is 0 Å². The molecule has 0 aliphatic carbocycles. The number of carbonyl (C=O) groups excluding carboxylic acids is 1. The third-order valence-corrected chi connectivity index (χ3v) is 4.51. The first kappa shape index (κ1) is 17.2. The molecule has 0 saturated heterocycles. The Labute approximate surface area is 148 Å². The van der Waals surface area contributed by atoms with Crippen molar-refractivity contribution in [1.29, 1.82) is 0 Å². The van der Waals surface area contributed by atoms with E-state index >= 15 is 0 Å². The smallest absolute Gasteiger partial charge is 0.243 e. The van der Waals surface area contributed by atoms with E-state index in [1.807, 2.05) is 38.1 Å². The van der Waals surface area contributed by atoms with Gasteiger partial charge in [-0.05, 0) is 44.4 Å². The first-order chi connectivity index (χ1) is 12.0. The first-order valence-electron chi connectivity index (χ1n) is 8.69. The number of benzene rings is 2. The molecule has 1 amide bonds. The lowest BCUT2D eigenvalue weighted by Gasteiger charge is -2.28. The van der Waals surface area contributed by atoms with Crippen molar-refractivity contribution in [3.05, 3.63) is 65.7 Å². The summed E-state index contributed by atoms with van der Waals surface area (Å²) in [5.41, 5.74) is 2.62. The summed E-state index contributed by atoms with van der Waals surface area (Å²) in [5.74, 6) is 0.265. The highest BCUT2D eigenvalue weighted by Gasteiger charge is 2.38. The Morgan fingerprint density at radius 2 is 1.92 bits per heavy atom.